The fraction of sp³-hybridized carbons (Fsp3) is 0.348. The van der Waals surface area contributed by atoms with Crippen molar-refractivity contribution in [2.45, 2.75) is 32.5 Å². The molecule has 0 spiro atoms. The molecule has 7 nitrogen and oxygen atoms in total. The van der Waals surface area contributed by atoms with Gasteiger partial charge in [0.25, 0.3) is 0 Å². The number of aromatic nitrogens is 3. The molecule has 2 aromatic carbocycles. The summed E-state index contributed by atoms with van der Waals surface area (Å²) in [5, 5.41) is 11.9. The highest BCUT2D eigenvalue weighted by atomic mass is 127. The van der Waals surface area contributed by atoms with E-state index in [0.717, 1.165) is 37.0 Å². The Morgan fingerprint density at radius 3 is 2.81 bits per heavy atom. The second kappa shape index (κ2) is 12.1. The minimum atomic E-state index is 0. The average Bonchev–Trinajstić information content (AvgIpc) is 3.45. The van der Waals surface area contributed by atoms with Crippen molar-refractivity contribution in [3.8, 4) is 0 Å². The average molecular weight is 566 g/mol. The maximum Gasteiger partial charge on any atom is 0.191 e. The Bertz CT molecular complexity index is 1010. The first kappa shape index (κ1) is 24.3. The van der Waals surface area contributed by atoms with Crippen molar-refractivity contribution < 1.29 is 0 Å². The lowest BCUT2D eigenvalue weighted by Gasteiger charge is -2.20. The molecule has 4 rings (SSSR count). The first-order valence-corrected chi connectivity index (χ1v) is 11.0. The lowest BCUT2D eigenvalue weighted by molar-refractivity contribution is 0.649. The number of nitrogens with one attached hydrogen (secondary N) is 2. The highest BCUT2D eigenvalue weighted by Gasteiger charge is 2.23. The van der Waals surface area contributed by atoms with Gasteiger partial charge in [-0.05, 0) is 42.7 Å². The Morgan fingerprint density at radius 1 is 1.19 bits per heavy atom. The molecule has 0 bridgehead atoms. The van der Waals surface area contributed by atoms with Crippen LogP contribution in [0.1, 0.15) is 24.5 Å². The Kier molecular flexibility index (Phi) is 9.16. The summed E-state index contributed by atoms with van der Waals surface area (Å²) in [5.74, 6) is 0.849. The van der Waals surface area contributed by atoms with E-state index in [1.807, 2.05) is 22.9 Å². The van der Waals surface area contributed by atoms with Crippen LogP contribution in [0, 0.1) is 0 Å². The molecule has 1 unspecified atom stereocenters. The van der Waals surface area contributed by atoms with E-state index in [4.69, 9.17) is 16.6 Å². The van der Waals surface area contributed by atoms with Crippen LogP contribution in [0.15, 0.2) is 66.2 Å². The number of aliphatic imine (C=N–C) groups is 1. The molecule has 170 valence electrons. The molecule has 1 aromatic heterocycles. The predicted octanol–water partition coefficient (Wildman–Crippen LogP) is 3.93. The van der Waals surface area contributed by atoms with Crippen LogP contribution in [0.2, 0.25) is 5.02 Å². The van der Waals surface area contributed by atoms with Gasteiger partial charge in [-0.2, -0.15) is 5.10 Å². The van der Waals surface area contributed by atoms with Crippen LogP contribution in [-0.4, -0.2) is 46.4 Å². The van der Waals surface area contributed by atoms with E-state index in [9.17, 15) is 0 Å². The van der Waals surface area contributed by atoms with E-state index in [-0.39, 0.29) is 24.0 Å². The van der Waals surface area contributed by atoms with E-state index in [1.165, 1.54) is 16.8 Å². The lowest BCUT2D eigenvalue weighted by atomic mass is 10.1. The van der Waals surface area contributed by atoms with Crippen molar-refractivity contribution in [2.75, 3.05) is 24.5 Å². The molecule has 0 aliphatic carbocycles. The fourth-order valence-corrected chi connectivity index (χ4v) is 3.98. The van der Waals surface area contributed by atoms with Crippen molar-refractivity contribution >= 4 is 47.2 Å². The van der Waals surface area contributed by atoms with E-state index in [2.05, 4.69) is 62.9 Å². The molecular weight excluding hydrogens is 537 g/mol. The minimum Gasteiger partial charge on any atom is -0.369 e. The topological polar surface area (TPSA) is 70.4 Å². The van der Waals surface area contributed by atoms with Gasteiger partial charge in [-0.1, -0.05) is 41.9 Å². The number of rotatable bonds is 7. The van der Waals surface area contributed by atoms with Gasteiger partial charge in [0.1, 0.15) is 12.7 Å². The molecule has 0 saturated carbocycles. The Hall–Kier alpha value is -2.33. The zero-order chi connectivity index (χ0) is 21.5. The monoisotopic (exact) mass is 565 g/mol. The summed E-state index contributed by atoms with van der Waals surface area (Å²) in [7, 11) is 0. The zero-order valence-corrected chi connectivity index (χ0v) is 21.2. The summed E-state index contributed by atoms with van der Waals surface area (Å²) in [5.41, 5.74) is 3.52. The van der Waals surface area contributed by atoms with Crippen LogP contribution in [-0.2, 0) is 13.1 Å². The molecular formula is C23H29ClIN7. The zero-order valence-electron chi connectivity index (χ0n) is 18.1. The third kappa shape index (κ3) is 6.83. The fourth-order valence-electron chi connectivity index (χ4n) is 3.80. The van der Waals surface area contributed by atoms with E-state index in [0.29, 0.717) is 19.1 Å². The van der Waals surface area contributed by atoms with E-state index in [1.54, 1.807) is 12.7 Å². The predicted molar refractivity (Wildman–Crippen MR) is 141 cm³/mol. The second-order valence-electron chi connectivity index (χ2n) is 7.66. The molecule has 2 heterocycles. The molecule has 1 atom stereocenters. The summed E-state index contributed by atoms with van der Waals surface area (Å²) in [6, 6.07) is 16.8. The van der Waals surface area contributed by atoms with Crippen LogP contribution < -0.4 is 15.5 Å². The largest absolute Gasteiger partial charge is 0.369 e. The van der Waals surface area contributed by atoms with Crippen LogP contribution in [0.5, 0.6) is 0 Å². The van der Waals surface area contributed by atoms with E-state index < -0.39 is 0 Å². The maximum absolute atomic E-state index is 6.16. The van der Waals surface area contributed by atoms with Gasteiger partial charge >= 0.3 is 0 Å². The molecule has 1 aliphatic heterocycles. The van der Waals surface area contributed by atoms with Gasteiger partial charge in [-0.25, -0.2) is 14.7 Å². The van der Waals surface area contributed by atoms with Gasteiger partial charge in [0.05, 0.1) is 13.1 Å². The molecule has 0 amide bonds. The third-order valence-electron chi connectivity index (χ3n) is 5.27. The summed E-state index contributed by atoms with van der Waals surface area (Å²) in [6.07, 6.45) is 4.34. The molecule has 1 saturated heterocycles. The van der Waals surface area contributed by atoms with Gasteiger partial charge < -0.3 is 15.5 Å². The van der Waals surface area contributed by atoms with Crippen LogP contribution >= 0.6 is 35.6 Å². The standard InChI is InChI=1S/C23H28ClN7.HI/c1-2-26-23(29-21-9-10-30(15-21)22-8-4-7-20(24)12-22)27-13-18-5-3-6-19(11-18)14-31-17-25-16-28-31;/h3-8,11-12,16-17,21H,2,9-10,13-15H2,1H3,(H2,26,27,29);1H. The van der Waals surface area contributed by atoms with Crippen LogP contribution in [0.4, 0.5) is 5.69 Å². The smallest absolute Gasteiger partial charge is 0.191 e. The van der Waals surface area contributed by atoms with E-state index >= 15 is 0 Å². The Morgan fingerprint density at radius 2 is 2.03 bits per heavy atom. The number of halogens is 2. The van der Waals surface area contributed by atoms with Crippen molar-refractivity contribution in [1.82, 2.24) is 25.4 Å². The number of hydrogen-bond acceptors (Lipinski definition) is 4. The highest BCUT2D eigenvalue weighted by Crippen LogP contribution is 2.23. The molecule has 2 N–H and O–H groups in total. The minimum absolute atomic E-state index is 0. The SMILES string of the molecule is CCNC(=NCc1cccc(Cn2cncn2)c1)NC1CCN(c2cccc(Cl)c2)C1.I. The maximum atomic E-state index is 6.16. The van der Waals surface area contributed by atoms with Gasteiger partial charge in [0.2, 0.25) is 0 Å². The molecule has 1 aliphatic rings. The normalized spacial score (nSPS) is 16.0. The first-order valence-electron chi connectivity index (χ1n) is 10.6. The molecule has 0 radical (unpaired) electrons. The molecule has 32 heavy (non-hydrogen) atoms. The number of nitrogens with zero attached hydrogens (tertiary/aromatic N) is 5. The van der Waals surface area contributed by atoms with Crippen LogP contribution in [0.3, 0.4) is 0 Å². The van der Waals surface area contributed by atoms with Crippen molar-refractivity contribution in [3.05, 3.63) is 77.3 Å². The molecule has 3 aromatic rings. The van der Waals surface area contributed by atoms with Crippen molar-refractivity contribution in [3.63, 3.8) is 0 Å². The Labute approximate surface area is 211 Å². The van der Waals surface area contributed by atoms with Gasteiger partial charge in [0, 0.05) is 36.4 Å². The first-order chi connectivity index (χ1) is 15.2. The van der Waals surface area contributed by atoms with Gasteiger partial charge in [0.15, 0.2) is 5.96 Å². The third-order valence-corrected chi connectivity index (χ3v) is 5.50. The summed E-state index contributed by atoms with van der Waals surface area (Å²) < 4.78 is 1.82. The second-order valence-corrected chi connectivity index (χ2v) is 8.10. The summed E-state index contributed by atoms with van der Waals surface area (Å²) >= 11 is 6.16. The lowest BCUT2D eigenvalue weighted by Crippen LogP contribution is -2.44. The molecule has 1 fully saturated rings. The molecule has 9 heteroatoms. The number of guanidine groups is 1. The Balaban J connectivity index is 0.00000289. The van der Waals surface area contributed by atoms with Gasteiger partial charge in [-0.15, -0.1) is 24.0 Å². The van der Waals surface area contributed by atoms with Crippen molar-refractivity contribution in [2.24, 2.45) is 4.99 Å². The van der Waals surface area contributed by atoms with Gasteiger partial charge in [-0.3, -0.25) is 0 Å². The quantitative estimate of drug-likeness (QED) is 0.258. The number of benzene rings is 2. The summed E-state index contributed by atoms with van der Waals surface area (Å²) in [6.45, 7) is 6.16. The number of anilines is 1. The van der Waals surface area contributed by atoms with Crippen LogP contribution in [0.25, 0.3) is 0 Å². The number of hydrogen-bond donors (Lipinski definition) is 2. The van der Waals surface area contributed by atoms with Crippen molar-refractivity contribution in [1.29, 1.82) is 0 Å². The highest BCUT2D eigenvalue weighted by molar-refractivity contribution is 14.0. The summed E-state index contributed by atoms with van der Waals surface area (Å²) in [4.78, 5) is 11.2.